The van der Waals surface area contributed by atoms with Crippen LogP contribution in [0.25, 0.3) is 11.0 Å². The molecular formula is C22H23NO3. The van der Waals surface area contributed by atoms with Crippen molar-refractivity contribution in [2.75, 3.05) is 13.7 Å². The maximum Gasteiger partial charge on any atom is 0.287 e. The Morgan fingerprint density at radius 3 is 2.54 bits per heavy atom. The highest BCUT2D eigenvalue weighted by Crippen LogP contribution is 2.41. The lowest BCUT2D eigenvalue weighted by Gasteiger charge is -2.30. The number of furan rings is 1. The van der Waals surface area contributed by atoms with Gasteiger partial charge in [-0.05, 0) is 42.7 Å². The van der Waals surface area contributed by atoms with Gasteiger partial charge < -0.3 is 14.5 Å². The number of carbonyl (C=O) groups is 1. The van der Waals surface area contributed by atoms with E-state index in [1.165, 1.54) is 18.4 Å². The van der Waals surface area contributed by atoms with Gasteiger partial charge in [0.1, 0.15) is 11.3 Å². The quantitative estimate of drug-likeness (QED) is 0.727. The molecule has 1 fully saturated rings. The van der Waals surface area contributed by atoms with Gasteiger partial charge in [0.2, 0.25) is 0 Å². The van der Waals surface area contributed by atoms with E-state index in [2.05, 4.69) is 17.4 Å². The molecule has 134 valence electrons. The molecule has 0 radical (unpaired) electrons. The number of hydrogen-bond acceptors (Lipinski definition) is 3. The van der Waals surface area contributed by atoms with Crippen LogP contribution >= 0.6 is 0 Å². The highest BCUT2D eigenvalue weighted by atomic mass is 16.5. The summed E-state index contributed by atoms with van der Waals surface area (Å²) in [6, 6.07) is 17.7. The predicted octanol–water partition coefficient (Wildman–Crippen LogP) is 4.68. The molecule has 1 saturated carbocycles. The number of rotatable bonds is 5. The molecule has 0 unspecified atom stereocenters. The zero-order chi connectivity index (χ0) is 18.0. The predicted molar refractivity (Wildman–Crippen MR) is 102 cm³/mol. The minimum absolute atomic E-state index is 0.00601. The summed E-state index contributed by atoms with van der Waals surface area (Å²) in [6.07, 6.45) is 4.54. The Bertz CT molecular complexity index is 872. The number of carbonyl (C=O) groups excluding carboxylic acids is 1. The number of methoxy groups -OCH3 is 1. The fourth-order valence-electron chi connectivity index (χ4n) is 3.99. The zero-order valence-corrected chi connectivity index (χ0v) is 15.0. The molecule has 1 N–H and O–H groups in total. The van der Waals surface area contributed by atoms with Crippen molar-refractivity contribution in [2.24, 2.45) is 0 Å². The average molecular weight is 349 g/mol. The van der Waals surface area contributed by atoms with Gasteiger partial charge >= 0.3 is 0 Å². The first-order valence-corrected chi connectivity index (χ1v) is 9.12. The van der Waals surface area contributed by atoms with Crippen LogP contribution in [0.15, 0.2) is 59.0 Å². The lowest BCUT2D eigenvalue weighted by atomic mass is 9.78. The minimum atomic E-state index is -0.152. The summed E-state index contributed by atoms with van der Waals surface area (Å²) in [5.74, 6) is 1.07. The van der Waals surface area contributed by atoms with E-state index in [0.29, 0.717) is 12.3 Å². The van der Waals surface area contributed by atoms with Crippen molar-refractivity contribution in [1.29, 1.82) is 0 Å². The molecule has 0 aliphatic heterocycles. The molecular weight excluding hydrogens is 326 g/mol. The van der Waals surface area contributed by atoms with E-state index < -0.39 is 0 Å². The standard InChI is InChI=1S/C22H23NO3/c1-25-18-10-8-17(9-11-18)22(12-4-5-13-22)15-23-21(24)20-14-16-6-2-3-7-19(16)26-20/h2-3,6-11,14H,4-5,12-13,15H2,1H3,(H,23,24). The van der Waals surface area contributed by atoms with Gasteiger partial charge in [0, 0.05) is 17.3 Å². The van der Waals surface area contributed by atoms with Gasteiger partial charge in [0.05, 0.1) is 7.11 Å². The Balaban J connectivity index is 1.52. The Labute approximate surface area is 153 Å². The van der Waals surface area contributed by atoms with Gasteiger partial charge in [0.25, 0.3) is 5.91 Å². The fourth-order valence-corrected chi connectivity index (χ4v) is 3.99. The number of benzene rings is 2. The van der Waals surface area contributed by atoms with Gasteiger partial charge in [0.15, 0.2) is 5.76 Å². The molecule has 1 aromatic heterocycles. The van der Waals surface area contributed by atoms with E-state index in [4.69, 9.17) is 9.15 Å². The summed E-state index contributed by atoms with van der Waals surface area (Å²) < 4.78 is 11.0. The molecule has 4 heteroatoms. The number of hydrogen-bond donors (Lipinski definition) is 1. The first kappa shape index (κ1) is 16.7. The second kappa shape index (κ2) is 6.87. The Hall–Kier alpha value is -2.75. The van der Waals surface area contributed by atoms with Crippen molar-refractivity contribution in [1.82, 2.24) is 5.32 Å². The summed E-state index contributed by atoms with van der Waals surface area (Å²) in [6.45, 7) is 0.620. The van der Waals surface area contributed by atoms with Crippen LogP contribution in [-0.2, 0) is 5.41 Å². The third-order valence-corrected chi connectivity index (χ3v) is 5.50. The van der Waals surface area contributed by atoms with Crippen LogP contribution in [0.5, 0.6) is 5.75 Å². The normalized spacial score (nSPS) is 15.9. The smallest absolute Gasteiger partial charge is 0.287 e. The number of para-hydroxylation sites is 1. The van der Waals surface area contributed by atoms with E-state index in [0.717, 1.165) is 29.6 Å². The van der Waals surface area contributed by atoms with E-state index >= 15 is 0 Å². The molecule has 3 aromatic rings. The molecule has 0 saturated heterocycles. The third-order valence-electron chi connectivity index (χ3n) is 5.50. The van der Waals surface area contributed by atoms with Gasteiger partial charge in [-0.3, -0.25) is 4.79 Å². The van der Waals surface area contributed by atoms with Crippen molar-refractivity contribution >= 4 is 16.9 Å². The number of fused-ring (bicyclic) bond motifs is 1. The molecule has 0 atom stereocenters. The molecule has 26 heavy (non-hydrogen) atoms. The first-order chi connectivity index (χ1) is 12.7. The van der Waals surface area contributed by atoms with Gasteiger partial charge in [-0.1, -0.05) is 43.2 Å². The highest BCUT2D eigenvalue weighted by molar-refractivity contribution is 5.96. The molecule has 1 aliphatic carbocycles. The lowest BCUT2D eigenvalue weighted by molar-refractivity contribution is 0.0917. The van der Waals surface area contributed by atoms with Crippen LogP contribution in [-0.4, -0.2) is 19.6 Å². The SMILES string of the molecule is COc1ccc(C2(CNC(=O)c3cc4ccccc4o3)CCCC2)cc1. The van der Waals surface area contributed by atoms with Crippen LogP contribution in [0.3, 0.4) is 0 Å². The molecule has 2 aromatic carbocycles. The van der Waals surface area contributed by atoms with Crippen LogP contribution in [0.4, 0.5) is 0 Å². The second-order valence-electron chi connectivity index (χ2n) is 7.05. The van der Waals surface area contributed by atoms with Crippen LogP contribution < -0.4 is 10.1 Å². The second-order valence-corrected chi connectivity index (χ2v) is 7.05. The fraction of sp³-hybridized carbons (Fsp3) is 0.318. The molecule has 1 amide bonds. The molecule has 0 spiro atoms. The Morgan fingerprint density at radius 1 is 1.12 bits per heavy atom. The summed E-state index contributed by atoms with van der Waals surface area (Å²) in [5.41, 5.74) is 2.00. The van der Waals surface area contributed by atoms with E-state index in [9.17, 15) is 4.79 Å². The summed E-state index contributed by atoms with van der Waals surface area (Å²) in [4.78, 5) is 12.6. The van der Waals surface area contributed by atoms with Crippen molar-refractivity contribution < 1.29 is 13.9 Å². The maximum atomic E-state index is 12.6. The van der Waals surface area contributed by atoms with E-state index in [1.54, 1.807) is 13.2 Å². The van der Waals surface area contributed by atoms with Gasteiger partial charge in [-0.25, -0.2) is 0 Å². The Kier molecular flexibility index (Phi) is 4.41. The van der Waals surface area contributed by atoms with Gasteiger partial charge in [-0.2, -0.15) is 0 Å². The molecule has 4 rings (SSSR count). The summed E-state index contributed by atoms with van der Waals surface area (Å²) in [5, 5.41) is 4.05. The average Bonchev–Trinajstić information content (AvgIpc) is 3.34. The minimum Gasteiger partial charge on any atom is -0.497 e. The van der Waals surface area contributed by atoms with Crippen molar-refractivity contribution in [3.63, 3.8) is 0 Å². The number of ether oxygens (including phenoxy) is 1. The third kappa shape index (κ3) is 3.07. The molecule has 4 nitrogen and oxygen atoms in total. The summed E-state index contributed by atoms with van der Waals surface area (Å²) in [7, 11) is 1.67. The zero-order valence-electron chi connectivity index (χ0n) is 15.0. The van der Waals surface area contributed by atoms with E-state index in [1.807, 2.05) is 36.4 Å². The Morgan fingerprint density at radius 2 is 1.85 bits per heavy atom. The first-order valence-electron chi connectivity index (χ1n) is 9.12. The lowest BCUT2D eigenvalue weighted by Crippen LogP contribution is -2.38. The largest absolute Gasteiger partial charge is 0.497 e. The van der Waals surface area contributed by atoms with E-state index in [-0.39, 0.29) is 11.3 Å². The highest BCUT2D eigenvalue weighted by Gasteiger charge is 2.36. The molecule has 0 bridgehead atoms. The molecule has 1 aliphatic rings. The van der Waals surface area contributed by atoms with Crippen molar-refractivity contribution in [3.05, 3.63) is 65.9 Å². The number of nitrogens with one attached hydrogen (secondary N) is 1. The van der Waals surface area contributed by atoms with Crippen LogP contribution in [0.1, 0.15) is 41.8 Å². The topological polar surface area (TPSA) is 51.5 Å². The summed E-state index contributed by atoms with van der Waals surface area (Å²) >= 11 is 0. The van der Waals surface area contributed by atoms with Crippen molar-refractivity contribution in [3.8, 4) is 5.75 Å². The monoisotopic (exact) mass is 349 g/mol. The molecule has 1 heterocycles. The number of amides is 1. The van der Waals surface area contributed by atoms with Crippen LogP contribution in [0, 0.1) is 0 Å². The van der Waals surface area contributed by atoms with Gasteiger partial charge in [-0.15, -0.1) is 0 Å². The maximum absolute atomic E-state index is 12.6. The van der Waals surface area contributed by atoms with Crippen molar-refractivity contribution in [2.45, 2.75) is 31.1 Å². The van der Waals surface area contributed by atoms with Crippen LogP contribution in [0.2, 0.25) is 0 Å².